The van der Waals surface area contributed by atoms with Crippen LogP contribution in [0.1, 0.15) is 67.6 Å². The third-order valence-corrected chi connectivity index (χ3v) is 18.8. The highest BCUT2D eigenvalue weighted by Gasteiger charge is 2.48. The number of ether oxygens (including phenoxy) is 2. The van der Waals surface area contributed by atoms with Gasteiger partial charge >= 0.3 is 24.5 Å². The second-order valence-electron chi connectivity index (χ2n) is 17.7. The lowest BCUT2D eigenvalue weighted by atomic mass is 10.2. The van der Waals surface area contributed by atoms with Crippen LogP contribution in [0.4, 0.5) is 9.59 Å². The lowest BCUT2D eigenvalue weighted by Gasteiger charge is -2.30. The molecular formula is C58H58N6O12P2. The summed E-state index contributed by atoms with van der Waals surface area (Å²) in [7, 11) is 0.262. The molecule has 2 aliphatic heterocycles. The van der Waals surface area contributed by atoms with Gasteiger partial charge in [-0.15, -0.1) is 0 Å². The number of fused-ring (bicyclic) bond motifs is 4. The van der Waals surface area contributed by atoms with E-state index in [1.165, 1.54) is 14.2 Å². The van der Waals surface area contributed by atoms with Crippen molar-refractivity contribution < 1.29 is 39.7 Å². The first-order valence-corrected chi connectivity index (χ1v) is 27.6. The van der Waals surface area contributed by atoms with Crippen molar-refractivity contribution in [3.8, 4) is 0 Å². The highest BCUT2D eigenvalue weighted by atomic mass is 31.1. The van der Waals surface area contributed by atoms with Crippen LogP contribution in [0.2, 0.25) is 0 Å². The van der Waals surface area contributed by atoms with E-state index in [0.717, 1.165) is 22.3 Å². The number of rotatable bonds is 9. The molecule has 2 N–H and O–H groups in total. The van der Waals surface area contributed by atoms with Gasteiger partial charge in [0, 0.05) is 13.2 Å². The van der Waals surface area contributed by atoms with E-state index >= 15 is 0 Å². The average molecular weight is 1090 g/mol. The highest BCUT2D eigenvalue weighted by Crippen LogP contribution is 2.71. The summed E-state index contributed by atoms with van der Waals surface area (Å²) in [6.07, 6.45) is 0.999. The molecule has 0 aliphatic carbocycles. The second-order valence-corrected chi connectivity index (χ2v) is 22.6. The molecule has 0 bridgehead atoms. The maximum absolute atomic E-state index is 14.7. The van der Waals surface area contributed by atoms with Crippen LogP contribution in [-0.2, 0) is 28.7 Å². The zero-order valence-corrected chi connectivity index (χ0v) is 45.0. The predicted octanol–water partition coefficient (Wildman–Crippen LogP) is 9.22. The fourth-order valence-electron chi connectivity index (χ4n) is 9.41. The summed E-state index contributed by atoms with van der Waals surface area (Å²) >= 11 is 0. The molecule has 2 aromatic heterocycles. The van der Waals surface area contributed by atoms with Crippen LogP contribution in [0.3, 0.4) is 0 Å². The molecule has 78 heavy (non-hydrogen) atoms. The van der Waals surface area contributed by atoms with Crippen molar-refractivity contribution in [2.75, 3.05) is 26.5 Å². The maximum Gasteiger partial charge on any atom is 0.411 e. The largest absolute Gasteiger partial charge is 0.453 e. The Bertz CT molecular complexity index is 3280. The second kappa shape index (κ2) is 27.8. The predicted molar refractivity (Wildman–Crippen MR) is 300 cm³/mol. The number of hydrogen-bond donors (Lipinski definition) is 2. The summed E-state index contributed by atoms with van der Waals surface area (Å²) in [4.78, 5) is 112. The number of alkyl carbamates (subject to hydrolysis) is 2. The zero-order valence-electron chi connectivity index (χ0n) is 43.3. The van der Waals surface area contributed by atoms with E-state index in [1.807, 2.05) is 111 Å². The molecule has 0 spiro atoms. The number of carbonyl (C=O) groups excluding carboxylic acids is 6. The first kappa shape index (κ1) is 58.4. The number of allylic oxidation sites excluding steroid dienone is 1. The Morgan fingerprint density at radius 1 is 0.487 bits per heavy atom. The SMILES string of the molecule is C=C(C)NC(=O)OC.COC(=O)NC(C)C.O=C=O.O=C=O.O=c1c2ccccc2c(=O)n2n1[C@H](c1ccccc1)P(CCP1[C@@H](c3ccccc3)n3c(=O)c4ccccc4c(=O)n3[C@@H]1c1ccccc1)[C@H]2c1ccccc1.[HH]. The van der Waals surface area contributed by atoms with Gasteiger partial charge in [-0.1, -0.05) is 152 Å². The average Bonchev–Trinajstić information content (AvgIpc) is 4.13. The molecule has 10 rings (SSSR count). The summed E-state index contributed by atoms with van der Waals surface area (Å²) in [5.74, 6) is -1.56. The molecule has 20 heteroatoms. The van der Waals surface area contributed by atoms with Crippen LogP contribution in [0.15, 0.2) is 201 Å². The topological polar surface area (TPSA) is 233 Å². The van der Waals surface area contributed by atoms with Crippen molar-refractivity contribution in [2.24, 2.45) is 0 Å². The van der Waals surface area contributed by atoms with Crippen LogP contribution >= 0.6 is 15.8 Å². The van der Waals surface area contributed by atoms with E-state index in [4.69, 9.17) is 19.2 Å². The van der Waals surface area contributed by atoms with E-state index in [0.29, 0.717) is 39.6 Å². The molecular weight excluding hydrogens is 1030 g/mol. The Labute approximate surface area is 451 Å². The lowest BCUT2D eigenvalue weighted by Crippen LogP contribution is -2.37. The van der Waals surface area contributed by atoms with E-state index in [2.05, 4.69) is 75.2 Å². The summed E-state index contributed by atoms with van der Waals surface area (Å²) in [6, 6.07) is 54.7. The Kier molecular flexibility index (Phi) is 20.8. The van der Waals surface area contributed by atoms with Crippen molar-refractivity contribution in [3.05, 3.63) is 246 Å². The van der Waals surface area contributed by atoms with Crippen molar-refractivity contribution in [1.82, 2.24) is 29.4 Å². The standard InChI is InChI=1S/C46H36N4O4P2.C5H11NO2.C5H9NO2.2CO2.H2/c51-39-35-25-13-14-26-36(35)40(52)48-44(32-19-7-2-8-20-32)55(43(47(39)48)31-17-5-1-6-18-31)29-30-56-45(33-21-9-3-10-22-33)49-41(53)37-27-15-16-28-38(37)42(54)50(49)46(56)34-23-11-4-12-24-34;2*1-4(2)6-5(7)8-3;2*2-1-3;/h1-28,43-46H,29-30H2;4H,1-3H3,(H,6,7);1H2,2-3H3,(H,6,7);;;1H/t43-,44-,45-,46-;;;;;/m0...../s1. The van der Waals surface area contributed by atoms with Gasteiger partial charge in [-0.3, -0.25) is 24.5 Å². The molecule has 8 aromatic rings. The van der Waals surface area contributed by atoms with Gasteiger partial charge < -0.3 is 14.8 Å². The molecule has 2 aliphatic rings. The molecule has 0 fully saturated rings. The highest BCUT2D eigenvalue weighted by molar-refractivity contribution is 7.62. The van der Waals surface area contributed by atoms with Gasteiger partial charge in [0.2, 0.25) is 0 Å². The van der Waals surface area contributed by atoms with Crippen molar-refractivity contribution >= 4 is 61.9 Å². The van der Waals surface area contributed by atoms with Crippen LogP contribution < -0.4 is 32.9 Å². The third kappa shape index (κ3) is 13.0. The van der Waals surface area contributed by atoms with Gasteiger partial charge in [0.25, 0.3) is 22.2 Å². The Balaban J connectivity index is 0.000000425. The van der Waals surface area contributed by atoms with Crippen molar-refractivity contribution in [2.45, 2.75) is 49.9 Å². The molecule has 6 aromatic carbocycles. The zero-order chi connectivity index (χ0) is 56.5. The molecule has 4 heterocycles. The van der Waals surface area contributed by atoms with Gasteiger partial charge in [-0.05, 0) is 95.5 Å². The monoisotopic (exact) mass is 1090 g/mol. The molecule has 0 unspecified atom stereocenters. The fourth-order valence-corrected chi connectivity index (χ4v) is 17.0. The van der Waals surface area contributed by atoms with Crippen LogP contribution in [0.5, 0.6) is 0 Å². The normalized spacial score (nSPS) is 15.8. The van der Waals surface area contributed by atoms with Crippen LogP contribution in [0.25, 0.3) is 21.5 Å². The first-order valence-electron chi connectivity index (χ1n) is 24.3. The smallest absolute Gasteiger partial charge is 0.411 e. The van der Waals surface area contributed by atoms with Gasteiger partial charge in [-0.25, -0.2) is 28.3 Å². The number of hydrogen-bond acceptors (Lipinski definition) is 12. The van der Waals surface area contributed by atoms with Crippen LogP contribution in [0, 0.1) is 0 Å². The minimum Gasteiger partial charge on any atom is -0.453 e. The quantitative estimate of drug-likeness (QED) is 0.129. The number of methoxy groups -OCH3 is 2. The van der Waals surface area contributed by atoms with Crippen molar-refractivity contribution in [3.63, 3.8) is 0 Å². The number of nitrogens with zero attached hydrogens (tertiary/aromatic N) is 4. The lowest BCUT2D eigenvalue weighted by molar-refractivity contribution is -0.193. The number of aromatic nitrogens is 4. The van der Waals surface area contributed by atoms with Gasteiger partial charge in [0.15, 0.2) is 0 Å². The Hall–Kier alpha value is -8.90. The summed E-state index contributed by atoms with van der Waals surface area (Å²) in [5.41, 5.74) is 3.73. The summed E-state index contributed by atoms with van der Waals surface area (Å²) in [5, 5.41) is 6.51. The maximum atomic E-state index is 14.7. The van der Waals surface area contributed by atoms with Crippen molar-refractivity contribution in [1.29, 1.82) is 0 Å². The number of amides is 2. The number of carbonyl (C=O) groups is 2. The summed E-state index contributed by atoms with van der Waals surface area (Å²) in [6.45, 7) is 8.85. The van der Waals surface area contributed by atoms with Crippen LogP contribution in [-0.4, -0.2) is 75.8 Å². The summed E-state index contributed by atoms with van der Waals surface area (Å²) < 4.78 is 15.5. The van der Waals surface area contributed by atoms with Gasteiger partial charge in [0.05, 0.1) is 35.8 Å². The molecule has 4 atom stereocenters. The number of benzene rings is 6. The van der Waals surface area contributed by atoms with Gasteiger partial charge in [0.1, 0.15) is 23.1 Å². The van der Waals surface area contributed by atoms with E-state index in [-0.39, 0.29) is 71.2 Å². The van der Waals surface area contributed by atoms with E-state index in [1.54, 1.807) is 49.9 Å². The Morgan fingerprint density at radius 2 is 0.718 bits per heavy atom. The fraction of sp³-hybridized carbons (Fsp3) is 0.207. The molecule has 402 valence electrons. The molecule has 2 amide bonds. The van der Waals surface area contributed by atoms with Gasteiger partial charge in [-0.2, -0.15) is 19.2 Å². The third-order valence-electron chi connectivity index (χ3n) is 12.4. The first-order chi connectivity index (χ1) is 37.7. The molecule has 0 saturated carbocycles. The number of nitrogens with one attached hydrogen (secondary N) is 2. The molecule has 0 radical (unpaired) electrons. The Morgan fingerprint density at radius 3 is 0.897 bits per heavy atom. The molecule has 18 nitrogen and oxygen atoms in total. The minimum atomic E-state index is -1.19. The minimum absolute atomic E-state index is 0. The molecule has 0 saturated heterocycles. The van der Waals surface area contributed by atoms with E-state index in [9.17, 15) is 28.8 Å². The van der Waals surface area contributed by atoms with E-state index < -0.39 is 21.9 Å².